The van der Waals surface area contributed by atoms with Crippen LogP contribution in [0.1, 0.15) is 5.56 Å². The maximum atomic E-state index is 12.8. The lowest BCUT2D eigenvalue weighted by molar-refractivity contribution is 0.589. The number of terminal acetylenes is 1. The summed E-state index contributed by atoms with van der Waals surface area (Å²) < 4.78 is 25.2. The molecule has 0 saturated heterocycles. The van der Waals surface area contributed by atoms with Crippen molar-refractivity contribution < 1.29 is 8.78 Å². The molecular weight excluding hydrogens is 220 g/mol. The Hall–Kier alpha value is -2.34. The molecule has 3 rings (SSSR count). The van der Waals surface area contributed by atoms with Crippen LogP contribution in [0.5, 0.6) is 0 Å². The summed E-state index contributed by atoms with van der Waals surface area (Å²) in [5, 5.41) is 0. The SMILES string of the molecule is C#Cc1ccc(F)c(N)c1F.c1cc2ccc1-2. The number of nitrogen functional groups attached to an aromatic ring is 1. The zero-order valence-electron chi connectivity index (χ0n) is 8.87. The second kappa shape index (κ2) is 4.26. The predicted molar refractivity (Wildman–Crippen MR) is 64.1 cm³/mol. The highest BCUT2D eigenvalue weighted by atomic mass is 19.1. The smallest absolute Gasteiger partial charge is 0.164 e. The van der Waals surface area contributed by atoms with Gasteiger partial charge in [-0.05, 0) is 23.3 Å². The van der Waals surface area contributed by atoms with Crippen LogP contribution in [0.4, 0.5) is 14.5 Å². The average molecular weight is 229 g/mol. The molecule has 0 amide bonds. The Morgan fingerprint density at radius 1 is 0.941 bits per heavy atom. The first kappa shape index (κ1) is 11.2. The number of halogens is 2. The Morgan fingerprint density at radius 2 is 1.47 bits per heavy atom. The van der Waals surface area contributed by atoms with Crippen LogP contribution in [0.2, 0.25) is 0 Å². The van der Waals surface area contributed by atoms with E-state index >= 15 is 0 Å². The van der Waals surface area contributed by atoms with E-state index in [9.17, 15) is 8.78 Å². The first-order chi connectivity index (χ1) is 8.13. The van der Waals surface area contributed by atoms with Gasteiger partial charge in [-0.3, -0.25) is 0 Å². The van der Waals surface area contributed by atoms with Crippen LogP contribution >= 0.6 is 0 Å². The molecule has 0 aromatic heterocycles. The molecule has 0 spiro atoms. The highest BCUT2D eigenvalue weighted by Crippen LogP contribution is 2.29. The van der Waals surface area contributed by atoms with Gasteiger partial charge < -0.3 is 5.73 Å². The van der Waals surface area contributed by atoms with Crippen molar-refractivity contribution in [2.75, 3.05) is 5.73 Å². The molecule has 0 aliphatic heterocycles. The van der Waals surface area contributed by atoms with Crippen molar-refractivity contribution in [1.82, 2.24) is 0 Å². The van der Waals surface area contributed by atoms with Gasteiger partial charge in [-0.2, -0.15) is 0 Å². The van der Waals surface area contributed by atoms with Gasteiger partial charge in [-0.15, -0.1) is 6.42 Å². The topological polar surface area (TPSA) is 26.0 Å². The van der Waals surface area contributed by atoms with Gasteiger partial charge >= 0.3 is 0 Å². The monoisotopic (exact) mass is 229 g/mol. The van der Waals surface area contributed by atoms with E-state index in [1.54, 1.807) is 0 Å². The quantitative estimate of drug-likeness (QED) is 0.465. The summed E-state index contributed by atoms with van der Waals surface area (Å²) in [6.45, 7) is 0. The molecule has 2 aliphatic rings. The van der Waals surface area contributed by atoms with E-state index in [1.165, 1.54) is 17.2 Å². The fourth-order valence-electron chi connectivity index (χ4n) is 1.34. The molecule has 0 unspecified atom stereocenters. The summed E-state index contributed by atoms with van der Waals surface area (Å²) in [4.78, 5) is 0. The number of rotatable bonds is 0. The minimum Gasteiger partial charge on any atom is -0.394 e. The van der Waals surface area contributed by atoms with Crippen LogP contribution in [-0.2, 0) is 0 Å². The van der Waals surface area contributed by atoms with Crippen LogP contribution in [0.25, 0.3) is 11.1 Å². The zero-order valence-corrected chi connectivity index (χ0v) is 8.87. The Balaban J connectivity index is 0.000000148. The maximum absolute atomic E-state index is 12.8. The van der Waals surface area contributed by atoms with E-state index in [0.29, 0.717) is 0 Å². The Labute approximate surface area is 97.9 Å². The normalized spacial score (nSPS) is 9.94. The fourth-order valence-corrected chi connectivity index (χ4v) is 1.34. The second-order valence-electron chi connectivity index (χ2n) is 3.54. The third-order valence-corrected chi connectivity index (χ3v) is 2.50. The molecule has 0 saturated carbocycles. The molecule has 0 radical (unpaired) electrons. The number of fused-ring (bicyclic) bond motifs is 1. The summed E-state index contributed by atoms with van der Waals surface area (Å²) in [6, 6.07) is 10.7. The standard InChI is InChI=1S/C8H5F2N.C6H4/c1-2-5-3-4-6(9)8(11)7(5)10;1-2-6-4-3-5(1)6/h1,3-4H,11H2;1-4H. The van der Waals surface area contributed by atoms with E-state index < -0.39 is 17.3 Å². The van der Waals surface area contributed by atoms with Gasteiger partial charge in [0, 0.05) is 0 Å². The first-order valence-electron chi connectivity index (χ1n) is 4.94. The number of hydrogen-bond donors (Lipinski definition) is 1. The van der Waals surface area contributed by atoms with Crippen molar-refractivity contribution in [2.24, 2.45) is 0 Å². The van der Waals surface area contributed by atoms with Gasteiger partial charge in [0.1, 0.15) is 11.5 Å². The number of hydrogen-bond acceptors (Lipinski definition) is 1. The summed E-state index contributed by atoms with van der Waals surface area (Å²) >= 11 is 0. The number of anilines is 1. The average Bonchev–Trinajstić information content (AvgIpc) is 2.32. The lowest BCUT2D eigenvalue weighted by Gasteiger charge is -2.10. The largest absolute Gasteiger partial charge is 0.394 e. The van der Waals surface area contributed by atoms with Crippen LogP contribution in [-0.4, -0.2) is 0 Å². The zero-order chi connectivity index (χ0) is 12.4. The second-order valence-corrected chi connectivity index (χ2v) is 3.54. The summed E-state index contributed by atoms with van der Waals surface area (Å²) in [5.41, 5.74) is 7.31. The molecule has 0 atom stereocenters. The Morgan fingerprint density at radius 3 is 1.82 bits per heavy atom. The molecule has 0 bridgehead atoms. The molecule has 1 aromatic rings. The van der Waals surface area contributed by atoms with Crippen molar-refractivity contribution in [2.45, 2.75) is 0 Å². The number of nitrogens with two attached hydrogens (primary N) is 1. The molecule has 2 N–H and O–H groups in total. The van der Waals surface area contributed by atoms with Crippen molar-refractivity contribution >= 4 is 5.69 Å². The summed E-state index contributed by atoms with van der Waals surface area (Å²) in [6.07, 6.45) is 4.90. The molecule has 0 heterocycles. The third kappa shape index (κ3) is 1.98. The van der Waals surface area contributed by atoms with Crippen LogP contribution in [0.3, 0.4) is 0 Å². The van der Waals surface area contributed by atoms with E-state index in [0.717, 1.165) is 6.07 Å². The molecule has 84 valence electrons. The summed E-state index contributed by atoms with van der Waals surface area (Å²) in [7, 11) is 0. The van der Waals surface area contributed by atoms with E-state index in [4.69, 9.17) is 12.2 Å². The Kier molecular flexibility index (Phi) is 2.80. The fraction of sp³-hybridized carbons (Fsp3) is 0. The molecule has 1 aromatic carbocycles. The van der Waals surface area contributed by atoms with Crippen LogP contribution in [0, 0.1) is 24.0 Å². The molecule has 17 heavy (non-hydrogen) atoms. The minimum absolute atomic E-state index is 0.0242. The van der Waals surface area contributed by atoms with Gasteiger partial charge in [0.05, 0.1) is 5.56 Å². The minimum atomic E-state index is -0.868. The molecular formula is C14H9F2N. The third-order valence-electron chi connectivity index (χ3n) is 2.50. The molecule has 0 fully saturated rings. The molecule has 3 heteroatoms. The summed E-state index contributed by atoms with van der Waals surface area (Å²) in [5.74, 6) is 0.383. The van der Waals surface area contributed by atoms with Gasteiger partial charge in [-0.25, -0.2) is 8.78 Å². The van der Waals surface area contributed by atoms with E-state index in [1.807, 2.05) is 5.92 Å². The lowest BCUT2D eigenvalue weighted by Crippen LogP contribution is -1.97. The van der Waals surface area contributed by atoms with Crippen molar-refractivity contribution in [3.63, 3.8) is 0 Å². The molecule has 2 aliphatic carbocycles. The molecule has 1 nitrogen and oxygen atoms in total. The first-order valence-corrected chi connectivity index (χ1v) is 4.94. The van der Waals surface area contributed by atoms with Gasteiger partial charge in [0.2, 0.25) is 0 Å². The highest BCUT2D eigenvalue weighted by Gasteiger charge is 2.07. The van der Waals surface area contributed by atoms with Gasteiger partial charge in [0.25, 0.3) is 0 Å². The van der Waals surface area contributed by atoms with Gasteiger partial charge in [-0.1, -0.05) is 30.2 Å². The van der Waals surface area contributed by atoms with Crippen molar-refractivity contribution in [3.05, 3.63) is 53.6 Å². The van der Waals surface area contributed by atoms with Gasteiger partial charge in [0.15, 0.2) is 5.82 Å². The van der Waals surface area contributed by atoms with Crippen LogP contribution in [0.15, 0.2) is 36.4 Å². The number of benzene rings is 2. The van der Waals surface area contributed by atoms with E-state index in [-0.39, 0.29) is 5.56 Å². The highest BCUT2D eigenvalue weighted by molar-refractivity contribution is 5.75. The lowest BCUT2D eigenvalue weighted by atomic mass is 9.95. The predicted octanol–water partition coefficient (Wildman–Crippen LogP) is 3.20. The van der Waals surface area contributed by atoms with E-state index in [2.05, 4.69) is 24.3 Å². The Bertz CT molecular complexity index is 574. The van der Waals surface area contributed by atoms with Crippen LogP contribution < -0.4 is 5.73 Å². The maximum Gasteiger partial charge on any atom is 0.164 e. The van der Waals surface area contributed by atoms with Crippen molar-refractivity contribution in [3.8, 4) is 23.5 Å². The van der Waals surface area contributed by atoms with Crippen molar-refractivity contribution in [1.29, 1.82) is 0 Å².